The van der Waals surface area contributed by atoms with Gasteiger partial charge in [0.1, 0.15) is 6.61 Å². The van der Waals surface area contributed by atoms with Gasteiger partial charge in [0.05, 0.1) is 0 Å². The number of hydrogen-bond donors (Lipinski definition) is 1. The summed E-state index contributed by atoms with van der Waals surface area (Å²) in [6, 6.07) is 0. The first-order chi connectivity index (χ1) is 9.83. The van der Waals surface area contributed by atoms with E-state index in [4.69, 9.17) is 4.74 Å². The highest BCUT2D eigenvalue weighted by Crippen LogP contribution is 2.19. The van der Waals surface area contributed by atoms with Crippen molar-refractivity contribution in [1.29, 1.82) is 0 Å². The van der Waals surface area contributed by atoms with Crippen LogP contribution in [0.5, 0.6) is 0 Å². The number of carbonyl (C=O) groups is 2. The Morgan fingerprint density at radius 3 is 2.38 bits per heavy atom. The molecule has 1 heterocycles. The van der Waals surface area contributed by atoms with E-state index in [2.05, 4.69) is 26.1 Å². The molecule has 122 valence electrons. The first-order valence-electron chi connectivity index (χ1n) is 7.96. The molecule has 0 bridgehead atoms. The standard InChI is InChI=1S/C16H30N2O3/c1-5-21-12-14(19)18-10-6-13(7-11-18)15(20)17-9-8-16(2,3)4/h13H,5-12H2,1-4H3,(H,17,20). The summed E-state index contributed by atoms with van der Waals surface area (Å²) in [6.45, 7) is 11.1. The molecule has 0 unspecified atom stereocenters. The summed E-state index contributed by atoms with van der Waals surface area (Å²) in [5, 5.41) is 3.02. The van der Waals surface area contributed by atoms with Crippen LogP contribution in [0.1, 0.15) is 47.0 Å². The molecule has 1 rings (SSSR count). The molecule has 5 heteroatoms. The van der Waals surface area contributed by atoms with Crippen LogP contribution in [0.25, 0.3) is 0 Å². The van der Waals surface area contributed by atoms with Gasteiger partial charge in [0.2, 0.25) is 11.8 Å². The van der Waals surface area contributed by atoms with Crippen LogP contribution in [0.4, 0.5) is 0 Å². The maximum Gasteiger partial charge on any atom is 0.248 e. The Kier molecular flexibility index (Phi) is 7.15. The SMILES string of the molecule is CCOCC(=O)N1CCC(C(=O)NCCC(C)(C)C)CC1. The van der Waals surface area contributed by atoms with Crippen LogP contribution < -0.4 is 5.32 Å². The van der Waals surface area contributed by atoms with Crippen molar-refractivity contribution in [2.24, 2.45) is 11.3 Å². The summed E-state index contributed by atoms with van der Waals surface area (Å²) in [6.07, 6.45) is 2.48. The van der Waals surface area contributed by atoms with Crippen molar-refractivity contribution < 1.29 is 14.3 Å². The molecule has 1 saturated heterocycles. The van der Waals surface area contributed by atoms with Crippen LogP contribution in [0.15, 0.2) is 0 Å². The normalized spacial score (nSPS) is 16.9. The van der Waals surface area contributed by atoms with Gasteiger partial charge in [-0.1, -0.05) is 20.8 Å². The molecule has 0 aromatic rings. The summed E-state index contributed by atoms with van der Waals surface area (Å²) in [5.74, 6) is 0.209. The van der Waals surface area contributed by atoms with Gasteiger partial charge in [-0.05, 0) is 31.6 Å². The third-order valence-corrected chi connectivity index (χ3v) is 3.82. The van der Waals surface area contributed by atoms with E-state index in [-0.39, 0.29) is 29.8 Å². The van der Waals surface area contributed by atoms with Crippen molar-refractivity contribution in [1.82, 2.24) is 10.2 Å². The lowest BCUT2D eigenvalue weighted by Gasteiger charge is -2.31. The summed E-state index contributed by atoms with van der Waals surface area (Å²) >= 11 is 0. The molecule has 0 aromatic heterocycles. The van der Waals surface area contributed by atoms with Crippen LogP contribution in [-0.2, 0) is 14.3 Å². The smallest absolute Gasteiger partial charge is 0.248 e. The van der Waals surface area contributed by atoms with Crippen molar-refractivity contribution in [3.05, 3.63) is 0 Å². The van der Waals surface area contributed by atoms with Gasteiger partial charge in [-0.25, -0.2) is 0 Å². The van der Waals surface area contributed by atoms with Crippen LogP contribution in [0, 0.1) is 11.3 Å². The minimum Gasteiger partial charge on any atom is -0.372 e. The fourth-order valence-electron chi connectivity index (χ4n) is 2.38. The maximum absolute atomic E-state index is 12.1. The third kappa shape index (κ3) is 6.93. The molecule has 0 radical (unpaired) electrons. The van der Waals surface area contributed by atoms with E-state index in [1.54, 1.807) is 4.90 Å². The summed E-state index contributed by atoms with van der Waals surface area (Å²) in [4.78, 5) is 25.7. The van der Waals surface area contributed by atoms with Crippen molar-refractivity contribution in [3.8, 4) is 0 Å². The van der Waals surface area contributed by atoms with Gasteiger partial charge >= 0.3 is 0 Å². The van der Waals surface area contributed by atoms with Crippen molar-refractivity contribution in [2.45, 2.75) is 47.0 Å². The third-order valence-electron chi connectivity index (χ3n) is 3.82. The number of piperidine rings is 1. The van der Waals surface area contributed by atoms with Crippen LogP contribution in [0.2, 0.25) is 0 Å². The molecule has 0 atom stereocenters. The Morgan fingerprint density at radius 1 is 1.24 bits per heavy atom. The lowest BCUT2D eigenvalue weighted by atomic mass is 9.92. The number of nitrogens with one attached hydrogen (secondary N) is 1. The Labute approximate surface area is 128 Å². The first kappa shape index (κ1) is 18.0. The highest BCUT2D eigenvalue weighted by atomic mass is 16.5. The molecular formula is C16H30N2O3. The Hall–Kier alpha value is -1.10. The fourth-order valence-corrected chi connectivity index (χ4v) is 2.38. The predicted octanol–water partition coefficient (Wildman–Crippen LogP) is 1.81. The number of rotatable bonds is 6. The molecule has 1 aliphatic heterocycles. The van der Waals surface area contributed by atoms with Crippen LogP contribution in [-0.4, -0.2) is 49.6 Å². The molecule has 1 fully saturated rings. The van der Waals surface area contributed by atoms with Gasteiger partial charge in [0, 0.05) is 32.2 Å². The lowest BCUT2D eigenvalue weighted by molar-refractivity contribution is -0.139. The van der Waals surface area contributed by atoms with Crippen LogP contribution >= 0.6 is 0 Å². The van der Waals surface area contributed by atoms with Gasteiger partial charge in [-0.15, -0.1) is 0 Å². The van der Waals surface area contributed by atoms with E-state index < -0.39 is 0 Å². The maximum atomic E-state index is 12.1. The zero-order chi connectivity index (χ0) is 15.9. The van der Waals surface area contributed by atoms with E-state index in [9.17, 15) is 9.59 Å². The Morgan fingerprint density at radius 2 is 1.86 bits per heavy atom. The molecule has 5 nitrogen and oxygen atoms in total. The molecule has 1 N–H and O–H groups in total. The number of amides is 2. The average molecular weight is 298 g/mol. The summed E-state index contributed by atoms with van der Waals surface area (Å²) < 4.78 is 5.14. The number of hydrogen-bond acceptors (Lipinski definition) is 3. The van der Waals surface area contributed by atoms with E-state index in [0.29, 0.717) is 19.7 Å². The Bertz CT molecular complexity index is 342. The molecule has 0 spiro atoms. The fraction of sp³-hybridized carbons (Fsp3) is 0.875. The molecule has 2 amide bonds. The van der Waals surface area contributed by atoms with Gasteiger partial charge in [-0.2, -0.15) is 0 Å². The minimum absolute atomic E-state index is 0.0310. The number of likely N-dealkylation sites (tertiary alicyclic amines) is 1. The Balaban J connectivity index is 2.26. The quantitative estimate of drug-likeness (QED) is 0.813. The van der Waals surface area contributed by atoms with Crippen molar-refractivity contribution >= 4 is 11.8 Å². The lowest BCUT2D eigenvalue weighted by Crippen LogP contribution is -2.44. The minimum atomic E-state index is 0.0310. The molecule has 0 aliphatic carbocycles. The second-order valence-corrected chi connectivity index (χ2v) is 6.89. The molecular weight excluding hydrogens is 268 g/mol. The molecule has 21 heavy (non-hydrogen) atoms. The molecule has 0 aromatic carbocycles. The van der Waals surface area contributed by atoms with Gasteiger partial charge in [-0.3, -0.25) is 9.59 Å². The van der Waals surface area contributed by atoms with E-state index in [0.717, 1.165) is 25.8 Å². The summed E-state index contributed by atoms with van der Waals surface area (Å²) in [7, 11) is 0. The van der Waals surface area contributed by atoms with E-state index in [1.807, 2.05) is 6.92 Å². The number of ether oxygens (including phenoxy) is 1. The average Bonchev–Trinajstić information content (AvgIpc) is 2.43. The number of nitrogens with zero attached hydrogens (tertiary/aromatic N) is 1. The van der Waals surface area contributed by atoms with Crippen LogP contribution in [0.3, 0.4) is 0 Å². The zero-order valence-corrected chi connectivity index (χ0v) is 13.9. The second kappa shape index (κ2) is 8.37. The highest BCUT2D eigenvalue weighted by molar-refractivity contribution is 5.80. The van der Waals surface area contributed by atoms with E-state index in [1.165, 1.54) is 0 Å². The van der Waals surface area contributed by atoms with Gasteiger partial charge in [0.25, 0.3) is 0 Å². The monoisotopic (exact) mass is 298 g/mol. The number of carbonyl (C=O) groups excluding carboxylic acids is 2. The molecule has 0 saturated carbocycles. The largest absolute Gasteiger partial charge is 0.372 e. The van der Waals surface area contributed by atoms with Gasteiger partial charge < -0.3 is 15.0 Å². The zero-order valence-electron chi connectivity index (χ0n) is 13.9. The van der Waals surface area contributed by atoms with Crippen molar-refractivity contribution in [2.75, 3.05) is 32.8 Å². The second-order valence-electron chi connectivity index (χ2n) is 6.89. The first-order valence-corrected chi connectivity index (χ1v) is 7.96. The van der Waals surface area contributed by atoms with Gasteiger partial charge in [0.15, 0.2) is 0 Å². The van der Waals surface area contributed by atoms with Crippen molar-refractivity contribution in [3.63, 3.8) is 0 Å². The predicted molar refractivity (Wildman–Crippen MR) is 82.9 cm³/mol. The topological polar surface area (TPSA) is 58.6 Å². The van der Waals surface area contributed by atoms with E-state index >= 15 is 0 Å². The summed E-state index contributed by atoms with van der Waals surface area (Å²) in [5.41, 5.74) is 0.238. The molecule has 1 aliphatic rings. The highest BCUT2D eigenvalue weighted by Gasteiger charge is 2.27.